The minimum Gasteiger partial charge on any atom is -0.325 e. The fraction of sp³-hybridized carbons (Fsp3) is 0.400. The Labute approximate surface area is 195 Å². The molecule has 0 atom stereocenters. The molecule has 174 valence electrons. The van der Waals surface area contributed by atoms with Crippen molar-refractivity contribution in [3.8, 4) is 11.4 Å². The Balaban J connectivity index is 1.40. The SMILES string of the molecule is Cc1ccc(-c2nnc3n2CCCCC3)cc1NC(=O)CS(=O)(=O)CCCc1ccccc1. The molecule has 0 saturated heterocycles. The summed E-state index contributed by atoms with van der Waals surface area (Å²) in [6.45, 7) is 2.77. The number of fused-ring (bicyclic) bond motifs is 1. The van der Waals surface area contributed by atoms with E-state index in [9.17, 15) is 13.2 Å². The summed E-state index contributed by atoms with van der Waals surface area (Å²) in [7, 11) is -3.49. The van der Waals surface area contributed by atoms with Crippen LogP contribution in [0.2, 0.25) is 0 Å². The van der Waals surface area contributed by atoms with Crippen LogP contribution in [0.3, 0.4) is 0 Å². The summed E-state index contributed by atoms with van der Waals surface area (Å²) in [5.74, 6) is 0.729. The van der Waals surface area contributed by atoms with Gasteiger partial charge in [-0.1, -0.05) is 48.9 Å². The summed E-state index contributed by atoms with van der Waals surface area (Å²) in [6.07, 6.45) is 5.48. The van der Waals surface area contributed by atoms with Crippen molar-refractivity contribution in [3.05, 3.63) is 65.5 Å². The summed E-state index contributed by atoms with van der Waals surface area (Å²) < 4.78 is 27.1. The van der Waals surface area contributed by atoms with Crippen molar-refractivity contribution in [1.82, 2.24) is 14.8 Å². The average Bonchev–Trinajstić information content (AvgIpc) is 3.03. The van der Waals surface area contributed by atoms with Crippen molar-refractivity contribution in [2.45, 2.75) is 52.0 Å². The van der Waals surface area contributed by atoms with Crippen molar-refractivity contribution >= 4 is 21.4 Å². The molecule has 2 heterocycles. The molecule has 1 aliphatic heterocycles. The zero-order valence-electron chi connectivity index (χ0n) is 19.0. The van der Waals surface area contributed by atoms with Crippen molar-refractivity contribution in [2.24, 2.45) is 0 Å². The number of aryl methyl sites for hydroxylation is 3. The highest BCUT2D eigenvalue weighted by molar-refractivity contribution is 7.92. The third kappa shape index (κ3) is 6.07. The fourth-order valence-corrected chi connectivity index (χ4v) is 5.39. The van der Waals surface area contributed by atoms with E-state index in [1.807, 2.05) is 55.5 Å². The first kappa shape index (κ1) is 23.2. The molecule has 0 unspecified atom stereocenters. The average molecular weight is 467 g/mol. The Hall–Kier alpha value is -3.00. The lowest BCUT2D eigenvalue weighted by atomic mass is 10.1. The third-order valence-corrected chi connectivity index (χ3v) is 7.61. The van der Waals surface area contributed by atoms with E-state index in [1.165, 1.54) is 6.42 Å². The number of anilines is 1. The zero-order valence-corrected chi connectivity index (χ0v) is 19.8. The van der Waals surface area contributed by atoms with Crippen LogP contribution in [0.5, 0.6) is 0 Å². The van der Waals surface area contributed by atoms with Crippen LogP contribution in [0, 0.1) is 6.92 Å². The van der Waals surface area contributed by atoms with Gasteiger partial charge in [0.05, 0.1) is 5.75 Å². The van der Waals surface area contributed by atoms with Crippen LogP contribution in [0.25, 0.3) is 11.4 Å². The van der Waals surface area contributed by atoms with Crippen molar-refractivity contribution in [3.63, 3.8) is 0 Å². The molecule has 7 nitrogen and oxygen atoms in total. The highest BCUT2D eigenvalue weighted by Crippen LogP contribution is 2.27. The molecule has 1 amide bonds. The van der Waals surface area contributed by atoms with Crippen LogP contribution in [0.15, 0.2) is 48.5 Å². The van der Waals surface area contributed by atoms with Gasteiger partial charge in [0, 0.05) is 24.2 Å². The van der Waals surface area contributed by atoms with E-state index in [1.54, 1.807) is 0 Å². The molecule has 0 bridgehead atoms. The van der Waals surface area contributed by atoms with Gasteiger partial charge >= 0.3 is 0 Å². The Kier molecular flexibility index (Phi) is 7.23. The number of nitrogens with zero attached hydrogens (tertiary/aromatic N) is 3. The number of carbonyl (C=O) groups excluding carboxylic acids is 1. The standard InChI is InChI=1S/C25H30N4O3S/c1-19-13-14-21(25-28-27-23-12-6-3-7-15-29(23)25)17-22(19)26-24(30)18-33(31,32)16-8-11-20-9-4-2-5-10-20/h2,4-5,9-10,13-14,17H,3,6-8,11-12,15-16,18H2,1H3,(H,26,30). The summed E-state index contributed by atoms with van der Waals surface area (Å²) in [6, 6.07) is 15.5. The lowest BCUT2D eigenvalue weighted by Gasteiger charge is -2.12. The van der Waals surface area contributed by atoms with Crippen LogP contribution in [0.4, 0.5) is 5.69 Å². The predicted octanol–water partition coefficient (Wildman–Crippen LogP) is 3.97. The number of nitrogens with one attached hydrogen (secondary N) is 1. The van der Waals surface area contributed by atoms with Crippen molar-refractivity contribution < 1.29 is 13.2 Å². The number of amides is 1. The van der Waals surface area contributed by atoms with E-state index >= 15 is 0 Å². The Morgan fingerprint density at radius 1 is 1.06 bits per heavy atom. The second kappa shape index (κ2) is 10.3. The molecule has 0 aliphatic carbocycles. The van der Waals surface area contributed by atoms with E-state index in [0.717, 1.165) is 54.1 Å². The van der Waals surface area contributed by atoms with Gasteiger partial charge in [-0.05, 0) is 49.8 Å². The molecule has 33 heavy (non-hydrogen) atoms. The smallest absolute Gasteiger partial charge is 0.239 e. The number of aromatic nitrogens is 3. The van der Waals surface area contributed by atoms with Gasteiger partial charge in [-0.3, -0.25) is 4.79 Å². The maximum Gasteiger partial charge on any atom is 0.239 e. The lowest BCUT2D eigenvalue weighted by molar-refractivity contribution is -0.113. The highest BCUT2D eigenvalue weighted by Gasteiger charge is 2.19. The number of carbonyl (C=O) groups is 1. The molecule has 4 rings (SSSR count). The molecule has 0 spiro atoms. The molecule has 1 aromatic heterocycles. The minimum absolute atomic E-state index is 0.0137. The number of sulfone groups is 1. The summed E-state index contributed by atoms with van der Waals surface area (Å²) in [5, 5.41) is 11.5. The first-order valence-corrected chi connectivity index (χ1v) is 13.3. The molecular formula is C25H30N4O3S. The number of hydrogen-bond donors (Lipinski definition) is 1. The van der Waals surface area contributed by atoms with Gasteiger partial charge in [0.15, 0.2) is 15.7 Å². The summed E-state index contributed by atoms with van der Waals surface area (Å²) in [4.78, 5) is 12.6. The number of benzene rings is 2. The molecule has 2 aromatic carbocycles. The van der Waals surface area contributed by atoms with E-state index in [-0.39, 0.29) is 5.75 Å². The van der Waals surface area contributed by atoms with Crippen LogP contribution < -0.4 is 5.32 Å². The summed E-state index contributed by atoms with van der Waals surface area (Å²) in [5.41, 5.74) is 3.42. The topological polar surface area (TPSA) is 93.9 Å². The number of rotatable bonds is 8. The van der Waals surface area contributed by atoms with Crippen molar-refractivity contribution in [1.29, 1.82) is 0 Å². The molecule has 1 N–H and O–H groups in total. The Morgan fingerprint density at radius 2 is 1.88 bits per heavy atom. The molecule has 1 aliphatic rings. The largest absolute Gasteiger partial charge is 0.325 e. The van der Waals surface area contributed by atoms with Gasteiger partial charge in [-0.15, -0.1) is 10.2 Å². The van der Waals surface area contributed by atoms with Gasteiger partial charge < -0.3 is 9.88 Å². The first-order valence-electron chi connectivity index (χ1n) is 11.5. The van der Waals surface area contributed by atoms with E-state index in [2.05, 4.69) is 20.1 Å². The molecule has 0 radical (unpaired) electrons. The van der Waals surface area contributed by atoms with Crippen LogP contribution in [0.1, 0.15) is 42.6 Å². The maximum atomic E-state index is 12.6. The normalized spacial score (nSPS) is 13.8. The Bertz CT molecular complexity index is 1220. The van der Waals surface area contributed by atoms with Gasteiger partial charge in [0.1, 0.15) is 11.6 Å². The van der Waals surface area contributed by atoms with Crippen LogP contribution in [-0.2, 0) is 34.0 Å². The van der Waals surface area contributed by atoms with E-state index < -0.39 is 21.5 Å². The van der Waals surface area contributed by atoms with Crippen LogP contribution in [-0.4, -0.2) is 40.6 Å². The van der Waals surface area contributed by atoms with Crippen LogP contribution >= 0.6 is 0 Å². The number of hydrogen-bond acceptors (Lipinski definition) is 5. The van der Waals surface area contributed by atoms with Crippen molar-refractivity contribution in [2.75, 3.05) is 16.8 Å². The molecule has 0 fully saturated rings. The molecule has 8 heteroatoms. The highest BCUT2D eigenvalue weighted by atomic mass is 32.2. The second-order valence-corrected chi connectivity index (χ2v) is 10.8. The quantitative estimate of drug-likeness (QED) is 0.542. The van der Waals surface area contributed by atoms with E-state index in [4.69, 9.17) is 0 Å². The lowest BCUT2D eigenvalue weighted by Crippen LogP contribution is -2.25. The molecular weight excluding hydrogens is 436 g/mol. The second-order valence-electron chi connectivity index (χ2n) is 8.66. The molecule has 3 aromatic rings. The monoisotopic (exact) mass is 466 g/mol. The predicted molar refractivity (Wildman–Crippen MR) is 130 cm³/mol. The van der Waals surface area contributed by atoms with Gasteiger partial charge in [-0.2, -0.15) is 0 Å². The Morgan fingerprint density at radius 3 is 2.70 bits per heavy atom. The summed E-state index contributed by atoms with van der Waals surface area (Å²) >= 11 is 0. The zero-order chi connectivity index (χ0) is 23.3. The van der Waals surface area contributed by atoms with Gasteiger partial charge in [-0.25, -0.2) is 8.42 Å². The van der Waals surface area contributed by atoms with Gasteiger partial charge in [0.25, 0.3) is 0 Å². The van der Waals surface area contributed by atoms with Gasteiger partial charge in [0.2, 0.25) is 5.91 Å². The van der Waals surface area contributed by atoms with E-state index in [0.29, 0.717) is 18.5 Å². The fourth-order valence-electron chi connectivity index (χ4n) is 4.19. The molecule has 0 saturated carbocycles. The maximum absolute atomic E-state index is 12.6. The minimum atomic E-state index is -3.49. The third-order valence-electron chi connectivity index (χ3n) is 5.99. The first-order chi connectivity index (χ1) is 15.9.